The van der Waals surface area contributed by atoms with Gasteiger partial charge in [-0.25, -0.2) is 14.1 Å². The average Bonchev–Trinajstić information content (AvgIpc) is 3.47. The van der Waals surface area contributed by atoms with E-state index in [1.54, 1.807) is 12.3 Å². The van der Waals surface area contributed by atoms with Crippen LogP contribution in [0.5, 0.6) is 0 Å². The Morgan fingerprint density at radius 2 is 2.06 bits per heavy atom. The first-order valence-corrected chi connectivity index (χ1v) is 11.2. The van der Waals surface area contributed by atoms with Crippen molar-refractivity contribution < 1.29 is 9.18 Å². The first-order valence-electron chi connectivity index (χ1n) is 11.2. The quantitative estimate of drug-likeness (QED) is 0.637. The van der Waals surface area contributed by atoms with Crippen LogP contribution in [-0.2, 0) is 6.54 Å². The number of nitrogens with one attached hydrogen (secondary N) is 1. The largest absolute Gasteiger partial charge is 0.366 e. The number of aromatic nitrogens is 4. The summed E-state index contributed by atoms with van der Waals surface area (Å²) in [5.74, 6) is -0.351. The standard InChI is InChI=1S/C23H27FN6O2/c1-13-10-29(11-14-6-7-16(20(25)31)19(24)8-14)12-18(13)21-27-22-17(23(32)28-21)9-26-30(22)15-4-2-3-5-15/h6-9,13,15,18H,2-5,10-12H2,1H3,(H2,25,31)(H,27,28,32). The van der Waals surface area contributed by atoms with Crippen molar-refractivity contribution >= 4 is 16.9 Å². The number of carbonyl (C=O) groups excluding carboxylic acids is 1. The van der Waals surface area contributed by atoms with E-state index >= 15 is 0 Å². The van der Waals surface area contributed by atoms with Crippen molar-refractivity contribution in [2.24, 2.45) is 11.7 Å². The second-order valence-corrected chi connectivity index (χ2v) is 9.17. The molecule has 2 unspecified atom stereocenters. The van der Waals surface area contributed by atoms with Gasteiger partial charge in [0.25, 0.3) is 11.5 Å². The maximum Gasteiger partial charge on any atom is 0.262 e. The minimum atomic E-state index is -0.772. The molecule has 2 atom stereocenters. The number of nitrogens with zero attached hydrogens (tertiary/aromatic N) is 4. The van der Waals surface area contributed by atoms with Gasteiger partial charge in [-0.3, -0.25) is 14.5 Å². The molecule has 9 heteroatoms. The number of aromatic amines is 1. The lowest BCUT2D eigenvalue weighted by Gasteiger charge is -2.16. The molecular weight excluding hydrogens is 411 g/mol. The molecule has 1 amide bonds. The van der Waals surface area contributed by atoms with Crippen molar-refractivity contribution in [3.63, 3.8) is 0 Å². The molecule has 1 saturated carbocycles. The molecule has 0 bridgehead atoms. The summed E-state index contributed by atoms with van der Waals surface area (Å²) >= 11 is 0. The molecule has 168 valence electrons. The highest BCUT2D eigenvalue weighted by atomic mass is 19.1. The van der Waals surface area contributed by atoms with E-state index in [0.29, 0.717) is 36.0 Å². The average molecular weight is 439 g/mol. The molecule has 32 heavy (non-hydrogen) atoms. The van der Waals surface area contributed by atoms with Crippen molar-refractivity contribution in [1.29, 1.82) is 0 Å². The van der Waals surface area contributed by atoms with Crippen LogP contribution in [0.25, 0.3) is 11.0 Å². The molecule has 1 aliphatic heterocycles. The predicted octanol–water partition coefficient (Wildman–Crippen LogP) is 2.71. The van der Waals surface area contributed by atoms with E-state index in [9.17, 15) is 14.0 Å². The van der Waals surface area contributed by atoms with E-state index < -0.39 is 11.7 Å². The molecule has 2 aromatic heterocycles. The predicted molar refractivity (Wildman–Crippen MR) is 118 cm³/mol. The number of hydrogen-bond donors (Lipinski definition) is 2. The summed E-state index contributed by atoms with van der Waals surface area (Å²) in [4.78, 5) is 34.1. The highest BCUT2D eigenvalue weighted by Gasteiger charge is 2.33. The topological polar surface area (TPSA) is 110 Å². The van der Waals surface area contributed by atoms with Crippen LogP contribution in [0.1, 0.15) is 66.3 Å². The van der Waals surface area contributed by atoms with Gasteiger partial charge in [0.2, 0.25) is 0 Å². The Morgan fingerprint density at radius 1 is 1.28 bits per heavy atom. The molecule has 0 spiro atoms. The molecule has 5 rings (SSSR count). The van der Waals surface area contributed by atoms with Gasteiger partial charge in [0.05, 0.1) is 17.8 Å². The van der Waals surface area contributed by atoms with E-state index in [-0.39, 0.29) is 23.0 Å². The molecule has 0 radical (unpaired) electrons. The third-order valence-electron chi connectivity index (χ3n) is 6.90. The van der Waals surface area contributed by atoms with Gasteiger partial charge < -0.3 is 10.7 Å². The summed E-state index contributed by atoms with van der Waals surface area (Å²) in [6.07, 6.45) is 6.12. The van der Waals surface area contributed by atoms with Gasteiger partial charge >= 0.3 is 0 Å². The molecule has 1 aromatic carbocycles. The van der Waals surface area contributed by atoms with Crippen molar-refractivity contribution in [2.45, 2.75) is 51.1 Å². The Hall–Kier alpha value is -3.07. The maximum atomic E-state index is 14.1. The molecule has 1 saturated heterocycles. The summed E-state index contributed by atoms with van der Waals surface area (Å²) in [5, 5.41) is 5.01. The summed E-state index contributed by atoms with van der Waals surface area (Å²) in [5.41, 5.74) is 6.39. The molecule has 3 N–H and O–H groups in total. The van der Waals surface area contributed by atoms with Crippen molar-refractivity contribution in [3.8, 4) is 0 Å². The highest BCUT2D eigenvalue weighted by molar-refractivity contribution is 5.93. The van der Waals surface area contributed by atoms with Gasteiger partial charge in [-0.15, -0.1) is 0 Å². The minimum absolute atomic E-state index is 0.0637. The zero-order valence-electron chi connectivity index (χ0n) is 18.1. The van der Waals surface area contributed by atoms with E-state index in [2.05, 4.69) is 21.9 Å². The SMILES string of the molecule is CC1CN(Cc2ccc(C(N)=O)c(F)c2)CC1c1nc2c(cnn2C2CCCC2)c(=O)[nH]1. The van der Waals surface area contributed by atoms with Gasteiger partial charge in [0.15, 0.2) is 5.65 Å². The molecule has 3 aromatic rings. The van der Waals surface area contributed by atoms with Crippen molar-refractivity contribution in [3.05, 3.63) is 57.5 Å². The minimum Gasteiger partial charge on any atom is -0.366 e. The second kappa shape index (κ2) is 8.12. The number of primary amides is 1. The summed E-state index contributed by atoms with van der Waals surface area (Å²) < 4.78 is 16.1. The Morgan fingerprint density at radius 3 is 2.78 bits per heavy atom. The zero-order valence-corrected chi connectivity index (χ0v) is 18.1. The number of benzene rings is 1. The third kappa shape index (κ3) is 3.70. The fourth-order valence-electron chi connectivity index (χ4n) is 5.21. The lowest BCUT2D eigenvalue weighted by atomic mass is 9.97. The summed E-state index contributed by atoms with van der Waals surface area (Å²) in [6, 6.07) is 4.84. The fourth-order valence-corrected chi connectivity index (χ4v) is 5.21. The molecule has 1 aliphatic carbocycles. The Labute approximate surface area is 184 Å². The zero-order chi connectivity index (χ0) is 22.4. The Bertz CT molecular complexity index is 1230. The van der Waals surface area contributed by atoms with Crippen LogP contribution in [0.4, 0.5) is 4.39 Å². The lowest BCUT2D eigenvalue weighted by molar-refractivity contribution is 0.0996. The second-order valence-electron chi connectivity index (χ2n) is 9.17. The first kappa shape index (κ1) is 20.8. The van der Waals surface area contributed by atoms with Gasteiger partial charge in [-0.2, -0.15) is 5.10 Å². The number of carbonyl (C=O) groups is 1. The van der Waals surface area contributed by atoms with Crippen LogP contribution in [0.2, 0.25) is 0 Å². The molecule has 8 nitrogen and oxygen atoms in total. The van der Waals surface area contributed by atoms with Gasteiger partial charge in [-0.1, -0.05) is 25.8 Å². The van der Waals surface area contributed by atoms with Gasteiger partial charge in [0.1, 0.15) is 17.0 Å². The number of hydrogen-bond acceptors (Lipinski definition) is 5. The number of H-pyrrole nitrogens is 1. The highest BCUT2D eigenvalue weighted by Crippen LogP contribution is 2.33. The van der Waals surface area contributed by atoms with Crippen LogP contribution < -0.4 is 11.3 Å². The van der Waals surface area contributed by atoms with Crippen LogP contribution in [0.3, 0.4) is 0 Å². The number of amides is 1. The van der Waals surface area contributed by atoms with Crippen LogP contribution >= 0.6 is 0 Å². The van der Waals surface area contributed by atoms with E-state index in [1.165, 1.54) is 25.0 Å². The Kier molecular flexibility index (Phi) is 5.28. The summed E-state index contributed by atoms with van der Waals surface area (Å²) in [6.45, 7) is 4.18. The summed E-state index contributed by atoms with van der Waals surface area (Å²) in [7, 11) is 0. The molecule has 2 fully saturated rings. The maximum absolute atomic E-state index is 14.1. The van der Waals surface area contributed by atoms with E-state index in [4.69, 9.17) is 10.7 Å². The number of rotatable bonds is 5. The lowest BCUT2D eigenvalue weighted by Crippen LogP contribution is -2.22. The number of halogens is 1. The van der Waals surface area contributed by atoms with E-state index in [1.807, 2.05) is 4.68 Å². The Balaban J connectivity index is 1.38. The first-order chi connectivity index (χ1) is 15.4. The van der Waals surface area contributed by atoms with Crippen molar-refractivity contribution in [2.75, 3.05) is 13.1 Å². The van der Waals surface area contributed by atoms with E-state index in [0.717, 1.165) is 24.9 Å². The van der Waals surface area contributed by atoms with Crippen molar-refractivity contribution in [1.82, 2.24) is 24.6 Å². The normalized spacial score (nSPS) is 22.2. The van der Waals surface area contributed by atoms with Gasteiger partial charge in [-0.05, 0) is 36.5 Å². The smallest absolute Gasteiger partial charge is 0.262 e. The number of fused-ring (bicyclic) bond motifs is 1. The van der Waals surface area contributed by atoms with Crippen LogP contribution in [-0.4, -0.2) is 43.6 Å². The third-order valence-corrected chi connectivity index (χ3v) is 6.90. The van der Waals surface area contributed by atoms with Crippen LogP contribution in [0, 0.1) is 11.7 Å². The monoisotopic (exact) mass is 438 g/mol. The fraction of sp³-hybridized carbons (Fsp3) is 0.478. The van der Waals surface area contributed by atoms with Gasteiger partial charge in [0, 0.05) is 25.6 Å². The molecule has 3 heterocycles. The van der Waals surface area contributed by atoms with Crippen LogP contribution in [0.15, 0.2) is 29.2 Å². The molecule has 2 aliphatic rings. The number of nitrogens with two attached hydrogens (primary N) is 1. The number of likely N-dealkylation sites (tertiary alicyclic amines) is 1. The molecular formula is C23H27FN6O2.